The largest absolute Gasteiger partial charge is 0.302 e. The van der Waals surface area contributed by atoms with Gasteiger partial charge in [-0.05, 0) is 6.42 Å². The molecule has 1 heterocycles. The Morgan fingerprint density at radius 3 is 2.60 bits per heavy atom. The van der Waals surface area contributed by atoms with Gasteiger partial charge in [-0.15, -0.1) is 0 Å². The van der Waals surface area contributed by atoms with Gasteiger partial charge in [0.1, 0.15) is 0 Å². The van der Waals surface area contributed by atoms with E-state index >= 15 is 0 Å². The van der Waals surface area contributed by atoms with Crippen molar-refractivity contribution in [3.8, 4) is 0 Å². The van der Waals surface area contributed by atoms with Gasteiger partial charge in [-0.3, -0.25) is 4.39 Å². The third-order valence-electron chi connectivity index (χ3n) is 1.71. The van der Waals surface area contributed by atoms with Gasteiger partial charge in [0.05, 0.1) is 6.67 Å². The molecule has 1 nitrogen and oxygen atoms in total. The zero-order valence-electron chi connectivity index (χ0n) is 6.18. The summed E-state index contributed by atoms with van der Waals surface area (Å²) in [5, 5.41) is 0. The van der Waals surface area contributed by atoms with Crippen LogP contribution < -0.4 is 0 Å². The molecule has 0 aliphatic carbocycles. The molecule has 3 heteroatoms. The highest BCUT2D eigenvalue weighted by atomic mass is 32.2. The topological polar surface area (TPSA) is 3.24 Å². The van der Waals surface area contributed by atoms with Crippen molar-refractivity contribution in [2.75, 3.05) is 37.8 Å². The predicted molar refractivity (Wildman–Crippen MR) is 44.4 cm³/mol. The van der Waals surface area contributed by atoms with E-state index in [1.54, 1.807) is 0 Å². The number of hydrogen-bond donors (Lipinski definition) is 0. The van der Waals surface area contributed by atoms with Crippen LogP contribution in [0.1, 0.15) is 6.42 Å². The first-order valence-electron chi connectivity index (χ1n) is 3.79. The van der Waals surface area contributed by atoms with Crippen LogP contribution >= 0.6 is 11.8 Å². The molecule has 0 unspecified atom stereocenters. The van der Waals surface area contributed by atoms with Gasteiger partial charge >= 0.3 is 0 Å². The second kappa shape index (κ2) is 4.97. The van der Waals surface area contributed by atoms with E-state index in [0.29, 0.717) is 6.42 Å². The summed E-state index contributed by atoms with van der Waals surface area (Å²) >= 11 is 2.00. The third kappa shape index (κ3) is 2.88. The van der Waals surface area contributed by atoms with Crippen molar-refractivity contribution >= 4 is 11.8 Å². The minimum absolute atomic E-state index is 0.163. The lowest BCUT2D eigenvalue weighted by molar-refractivity contribution is 0.283. The quantitative estimate of drug-likeness (QED) is 0.618. The Morgan fingerprint density at radius 2 is 2.00 bits per heavy atom. The Hall–Kier alpha value is 0.240. The summed E-state index contributed by atoms with van der Waals surface area (Å²) in [6.45, 7) is 3.11. The lowest BCUT2D eigenvalue weighted by atomic mass is 10.4. The average Bonchev–Trinajstić information content (AvgIpc) is 2.03. The minimum Gasteiger partial charge on any atom is -0.302 e. The Balaban J connectivity index is 2.02. The summed E-state index contributed by atoms with van der Waals surface area (Å²) in [6, 6.07) is 0. The van der Waals surface area contributed by atoms with Crippen LogP contribution in [0, 0.1) is 0 Å². The van der Waals surface area contributed by atoms with Gasteiger partial charge in [0.25, 0.3) is 0 Å². The van der Waals surface area contributed by atoms with Gasteiger partial charge in [0, 0.05) is 31.1 Å². The monoisotopic (exact) mass is 163 g/mol. The molecule has 60 valence electrons. The lowest BCUT2D eigenvalue weighted by Crippen LogP contribution is -2.33. The van der Waals surface area contributed by atoms with E-state index in [9.17, 15) is 4.39 Å². The summed E-state index contributed by atoms with van der Waals surface area (Å²) < 4.78 is 11.7. The van der Waals surface area contributed by atoms with E-state index in [1.807, 2.05) is 11.8 Å². The molecule has 0 saturated carbocycles. The summed E-state index contributed by atoms with van der Waals surface area (Å²) in [7, 11) is 0. The van der Waals surface area contributed by atoms with Gasteiger partial charge < -0.3 is 4.90 Å². The third-order valence-corrected chi connectivity index (χ3v) is 2.65. The van der Waals surface area contributed by atoms with E-state index < -0.39 is 0 Å². The number of hydrogen-bond acceptors (Lipinski definition) is 2. The molecule has 1 saturated heterocycles. The molecule has 0 N–H and O–H groups in total. The zero-order valence-corrected chi connectivity index (χ0v) is 7.00. The fourth-order valence-electron chi connectivity index (χ4n) is 1.11. The predicted octanol–water partition coefficient (Wildman–Crippen LogP) is 1.39. The number of alkyl halides is 1. The second-order valence-electron chi connectivity index (χ2n) is 2.50. The van der Waals surface area contributed by atoms with Gasteiger partial charge in [-0.25, -0.2) is 0 Å². The van der Waals surface area contributed by atoms with E-state index in [2.05, 4.69) is 4.90 Å². The van der Waals surface area contributed by atoms with Crippen molar-refractivity contribution in [2.45, 2.75) is 6.42 Å². The van der Waals surface area contributed by atoms with Gasteiger partial charge in [0.2, 0.25) is 0 Å². The highest BCUT2D eigenvalue weighted by molar-refractivity contribution is 7.99. The van der Waals surface area contributed by atoms with Crippen LogP contribution in [0.5, 0.6) is 0 Å². The maximum absolute atomic E-state index is 11.7. The molecule has 1 rings (SSSR count). The summed E-state index contributed by atoms with van der Waals surface area (Å²) in [4.78, 5) is 2.34. The molecule has 0 atom stereocenters. The Bertz CT molecular complexity index is 83.7. The average molecular weight is 163 g/mol. The fraction of sp³-hybridized carbons (Fsp3) is 1.00. The van der Waals surface area contributed by atoms with Crippen molar-refractivity contribution in [3.05, 3.63) is 0 Å². The van der Waals surface area contributed by atoms with Crippen LogP contribution in [0.2, 0.25) is 0 Å². The van der Waals surface area contributed by atoms with Crippen molar-refractivity contribution in [3.63, 3.8) is 0 Å². The molecular formula is C7H14FNS. The fourth-order valence-corrected chi connectivity index (χ4v) is 2.09. The standard InChI is InChI=1S/C7H14FNS/c8-2-1-3-9-4-6-10-7-5-9/h1-7H2. The van der Waals surface area contributed by atoms with Gasteiger partial charge in [-0.2, -0.15) is 11.8 Å². The Kier molecular flexibility index (Phi) is 4.14. The van der Waals surface area contributed by atoms with Gasteiger partial charge in [0.15, 0.2) is 0 Å². The van der Waals surface area contributed by atoms with Crippen molar-refractivity contribution in [2.24, 2.45) is 0 Å². The molecule has 0 amide bonds. The lowest BCUT2D eigenvalue weighted by Gasteiger charge is -2.25. The van der Waals surface area contributed by atoms with Crippen LogP contribution in [0.4, 0.5) is 4.39 Å². The number of rotatable bonds is 3. The molecule has 10 heavy (non-hydrogen) atoms. The van der Waals surface area contributed by atoms with Crippen molar-refractivity contribution < 1.29 is 4.39 Å². The van der Waals surface area contributed by atoms with Crippen LogP contribution in [-0.2, 0) is 0 Å². The molecule has 1 fully saturated rings. The SMILES string of the molecule is FCCCN1CCSCC1. The molecule has 0 radical (unpaired) electrons. The summed E-state index contributed by atoms with van der Waals surface area (Å²) in [5.41, 5.74) is 0. The van der Waals surface area contributed by atoms with Crippen molar-refractivity contribution in [1.29, 1.82) is 0 Å². The van der Waals surface area contributed by atoms with E-state index in [1.165, 1.54) is 11.5 Å². The second-order valence-corrected chi connectivity index (χ2v) is 3.72. The molecule has 0 spiro atoms. The number of thioether (sulfide) groups is 1. The maximum Gasteiger partial charge on any atom is 0.0906 e. The molecule has 0 aromatic rings. The molecule has 0 aromatic carbocycles. The molecule has 0 aromatic heterocycles. The van der Waals surface area contributed by atoms with Crippen molar-refractivity contribution in [1.82, 2.24) is 4.90 Å². The summed E-state index contributed by atoms with van der Waals surface area (Å²) in [5.74, 6) is 2.46. The number of nitrogens with zero attached hydrogens (tertiary/aromatic N) is 1. The van der Waals surface area contributed by atoms with Crippen LogP contribution in [-0.4, -0.2) is 42.7 Å². The smallest absolute Gasteiger partial charge is 0.0906 e. The molecular weight excluding hydrogens is 149 g/mol. The molecule has 1 aliphatic rings. The first-order chi connectivity index (χ1) is 4.93. The maximum atomic E-state index is 11.7. The Labute approximate surface area is 66.0 Å². The van der Waals surface area contributed by atoms with E-state index in [4.69, 9.17) is 0 Å². The first kappa shape index (κ1) is 8.34. The van der Waals surface area contributed by atoms with Gasteiger partial charge in [-0.1, -0.05) is 0 Å². The number of halogens is 1. The van der Waals surface area contributed by atoms with Crippen LogP contribution in [0.3, 0.4) is 0 Å². The first-order valence-corrected chi connectivity index (χ1v) is 4.95. The Morgan fingerprint density at radius 1 is 1.30 bits per heavy atom. The zero-order chi connectivity index (χ0) is 7.23. The molecule has 1 aliphatic heterocycles. The van der Waals surface area contributed by atoms with Crippen LogP contribution in [0.25, 0.3) is 0 Å². The molecule has 0 bridgehead atoms. The van der Waals surface area contributed by atoms with E-state index in [-0.39, 0.29) is 6.67 Å². The normalized spacial score (nSPS) is 21.3. The minimum atomic E-state index is -0.163. The summed E-state index contributed by atoms with van der Waals surface area (Å²) in [6.07, 6.45) is 0.713. The highest BCUT2D eigenvalue weighted by Crippen LogP contribution is 2.08. The highest BCUT2D eigenvalue weighted by Gasteiger charge is 2.08. The van der Waals surface area contributed by atoms with Crippen LogP contribution in [0.15, 0.2) is 0 Å². The van der Waals surface area contributed by atoms with E-state index in [0.717, 1.165) is 19.6 Å².